The summed E-state index contributed by atoms with van der Waals surface area (Å²) in [4.78, 5) is 15.6. The fourth-order valence-corrected chi connectivity index (χ4v) is 1.55. The molecule has 1 aromatic heterocycles. The second-order valence-electron chi connectivity index (χ2n) is 2.94. The minimum atomic E-state index is -0.0871. The van der Waals surface area contributed by atoms with Gasteiger partial charge in [0.05, 0.1) is 11.4 Å². The van der Waals surface area contributed by atoms with Gasteiger partial charge >= 0.3 is 0 Å². The van der Waals surface area contributed by atoms with Crippen molar-refractivity contribution in [3.63, 3.8) is 0 Å². The Hall–Kier alpha value is -1.41. The van der Waals surface area contributed by atoms with Crippen LogP contribution in [0.2, 0.25) is 0 Å². The van der Waals surface area contributed by atoms with Gasteiger partial charge in [0.15, 0.2) is 5.78 Å². The van der Waals surface area contributed by atoms with Crippen molar-refractivity contribution in [2.75, 3.05) is 5.88 Å². The lowest BCUT2D eigenvalue weighted by Crippen LogP contribution is -2.01. The fraction of sp³-hybridized carbons (Fsp3) is 0.0909. The van der Waals surface area contributed by atoms with E-state index in [9.17, 15) is 4.79 Å². The molecular formula is C11H8ClNO. The molecular weight excluding hydrogens is 198 g/mol. The highest BCUT2D eigenvalue weighted by Gasteiger charge is 2.08. The highest BCUT2D eigenvalue weighted by Crippen LogP contribution is 2.16. The number of carbonyl (C=O) groups excluding carboxylic acids is 1. The van der Waals surface area contributed by atoms with Crippen molar-refractivity contribution in [3.05, 3.63) is 42.1 Å². The summed E-state index contributed by atoms with van der Waals surface area (Å²) < 4.78 is 0. The monoisotopic (exact) mass is 205 g/mol. The molecule has 0 amide bonds. The summed E-state index contributed by atoms with van der Waals surface area (Å²) in [5.74, 6) is -0.0913. The van der Waals surface area contributed by atoms with E-state index < -0.39 is 0 Å². The average molecular weight is 206 g/mol. The zero-order valence-electron chi connectivity index (χ0n) is 7.40. The Bertz CT molecular complexity index is 476. The van der Waals surface area contributed by atoms with Crippen LogP contribution in [0, 0.1) is 0 Å². The van der Waals surface area contributed by atoms with Gasteiger partial charge < -0.3 is 0 Å². The molecule has 0 radical (unpaired) electrons. The average Bonchev–Trinajstić information content (AvgIpc) is 2.27. The molecule has 1 aromatic carbocycles. The number of para-hydroxylation sites is 1. The first-order valence-corrected chi connectivity index (χ1v) is 4.79. The van der Waals surface area contributed by atoms with E-state index >= 15 is 0 Å². The first-order chi connectivity index (χ1) is 6.83. The third kappa shape index (κ3) is 1.49. The second-order valence-corrected chi connectivity index (χ2v) is 3.20. The lowest BCUT2D eigenvalue weighted by Gasteiger charge is -2.01. The molecule has 14 heavy (non-hydrogen) atoms. The summed E-state index contributed by atoms with van der Waals surface area (Å²) in [7, 11) is 0. The van der Waals surface area contributed by atoms with Crippen LogP contribution in [0.1, 0.15) is 10.4 Å². The van der Waals surface area contributed by atoms with E-state index in [1.165, 1.54) is 0 Å². The number of nitrogens with zero attached hydrogens (tertiary/aromatic N) is 1. The number of pyridine rings is 1. The Morgan fingerprint density at radius 3 is 2.86 bits per heavy atom. The lowest BCUT2D eigenvalue weighted by molar-refractivity contribution is 0.102. The summed E-state index contributed by atoms with van der Waals surface area (Å²) in [5.41, 5.74) is 1.32. The molecule has 2 nitrogen and oxygen atoms in total. The Morgan fingerprint density at radius 1 is 1.29 bits per heavy atom. The van der Waals surface area contributed by atoms with Gasteiger partial charge in [-0.25, -0.2) is 0 Å². The number of fused-ring (bicyclic) bond motifs is 1. The molecule has 0 fully saturated rings. The van der Waals surface area contributed by atoms with Crippen molar-refractivity contribution in [1.29, 1.82) is 0 Å². The van der Waals surface area contributed by atoms with Gasteiger partial charge in [-0.2, -0.15) is 0 Å². The first-order valence-electron chi connectivity index (χ1n) is 4.26. The smallest absolute Gasteiger partial charge is 0.179 e. The third-order valence-electron chi connectivity index (χ3n) is 2.05. The number of carbonyl (C=O) groups is 1. The predicted octanol–water partition coefficient (Wildman–Crippen LogP) is 2.66. The second kappa shape index (κ2) is 3.76. The van der Waals surface area contributed by atoms with Crippen LogP contribution in [0.15, 0.2) is 36.5 Å². The van der Waals surface area contributed by atoms with E-state index in [1.807, 2.05) is 24.3 Å². The van der Waals surface area contributed by atoms with Gasteiger partial charge in [-0.3, -0.25) is 9.78 Å². The maximum absolute atomic E-state index is 11.5. The summed E-state index contributed by atoms with van der Waals surface area (Å²) in [5, 5.41) is 0.962. The molecule has 0 N–H and O–H groups in total. The molecule has 0 aliphatic rings. The van der Waals surface area contributed by atoms with Gasteiger partial charge in [0, 0.05) is 17.1 Å². The number of Topliss-reactive ketones (excluding diaryl/α,β-unsaturated/α-hetero) is 1. The van der Waals surface area contributed by atoms with Crippen LogP contribution in [0.5, 0.6) is 0 Å². The van der Waals surface area contributed by atoms with Crippen LogP contribution in [0.3, 0.4) is 0 Å². The van der Waals surface area contributed by atoms with Crippen molar-refractivity contribution in [3.8, 4) is 0 Å². The van der Waals surface area contributed by atoms with Crippen LogP contribution in [0.25, 0.3) is 10.9 Å². The summed E-state index contributed by atoms with van der Waals surface area (Å²) >= 11 is 5.51. The van der Waals surface area contributed by atoms with E-state index in [2.05, 4.69) is 4.98 Å². The van der Waals surface area contributed by atoms with Gasteiger partial charge in [0.1, 0.15) is 0 Å². The van der Waals surface area contributed by atoms with Gasteiger partial charge in [-0.05, 0) is 12.1 Å². The SMILES string of the molecule is O=C(CCl)c1cccc2cccnc12. The zero-order chi connectivity index (χ0) is 9.97. The van der Waals surface area contributed by atoms with Crippen molar-refractivity contribution in [2.24, 2.45) is 0 Å². The van der Waals surface area contributed by atoms with E-state index in [0.717, 1.165) is 10.9 Å². The molecule has 0 aliphatic heterocycles. The number of ketones is 1. The van der Waals surface area contributed by atoms with Crippen molar-refractivity contribution >= 4 is 28.3 Å². The number of aromatic nitrogens is 1. The molecule has 0 atom stereocenters. The molecule has 0 spiro atoms. The first kappa shape index (κ1) is 9.16. The Kier molecular flexibility index (Phi) is 2.46. The summed E-state index contributed by atoms with van der Waals surface area (Å²) in [6.07, 6.45) is 1.67. The minimum absolute atomic E-state index is 0.00428. The highest BCUT2D eigenvalue weighted by molar-refractivity contribution is 6.31. The van der Waals surface area contributed by atoms with Gasteiger partial charge in [-0.15, -0.1) is 11.6 Å². The number of halogens is 1. The largest absolute Gasteiger partial charge is 0.293 e. The summed E-state index contributed by atoms with van der Waals surface area (Å²) in [6.45, 7) is 0. The number of hydrogen-bond donors (Lipinski definition) is 0. The molecule has 70 valence electrons. The van der Waals surface area contributed by atoms with Gasteiger partial charge in [-0.1, -0.05) is 18.2 Å². The highest BCUT2D eigenvalue weighted by atomic mass is 35.5. The predicted molar refractivity (Wildman–Crippen MR) is 56.8 cm³/mol. The Labute approximate surface area is 86.5 Å². The van der Waals surface area contributed by atoms with Crippen molar-refractivity contribution in [2.45, 2.75) is 0 Å². The molecule has 2 rings (SSSR count). The van der Waals surface area contributed by atoms with Crippen LogP contribution in [0.4, 0.5) is 0 Å². The number of benzene rings is 1. The van der Waals surface area contributed by atoms with Crippen molar-refractivity contribution in [1.82, 2.24) is 4.98 Å². The van der Waals surface area contributed by atoms with Crippen LogP contribution < -0.4 is 0 Å². The summed E-state index contributed by atoms with van der Waals surface area (Å²) in [6, 6.07) is 9.28. The number of hydrogen-bond acceptors (Lipinski definition) is 2. The molecule has 0 saturated carbocycles. The standard InChI is InChI=1S/C11H8ClNO/c12-7-10(14)9-5-1-3-8-4-2-6-13-11(8)9/h1-6H,7H2. The van der Waals surface area contributed by atoms with E-state index in [4.69, 9.17) is 11.6 Å². The third-order valence-corrected chi connectivity index (χ3v) is 2.30. The zero-order valence-corrected chi connectivity index (χ0v) is 8.16. The quantitative estimate of drug-likeness (QED) is 0.557. The number of rotatable bonds is 2. The molecule has 0 bridgehead atoms. The number of alkyl halides is 1. The van der Waals surface area contributed by atoms with Crippen LogP contribution in [-0.4, -0.2) is 16.6 Å². The topological polar surface area (TPSA) is 30.0 Å². The maximum atomic E-state index is 11.5. The molecule has 2 aromatic rings. The van der Waals surface area contributed by atoms with E-state index in [-0.39, 0.29) is 11.7 Å². The van der Waals surface area contributed by atoms with Crippen molar-refractivity contribution < 1.29 is 4.79 Å². The van der Waals surface area contributed by atoms with Crippen LogP contribution in [-0.2, 0) is 0 Å². The van der Waals surface area contributed by atoms with Gasteiger partial charge in [0.25, 0.3) is 0 Å². The van der Waals surface area contributed by atoms with Gasteiger partial charge in [0.2, 0.25) is 0 Å². The minimum Gasteiger partial charge on any atom is -0.293 e. The fourth-order valence-electron chi connectivity index (χ4n) is 1.40. The van der Waals surface area contributed by atoms with Crippen LogP contribution >= 0.6 is 11.6 Å². The Balaban J connectivity index is 2.71. The maximum Gasteiger partial charge on any atom is 0.179 e. The molecule has 0 saturated heterocycles. The molecule has 0 aliphatic carbocycles. The van der Waals surface area contributed by atoms with E-state index in [0.29, 0.717) is 5.56 Å². The molecule has 3 heteroatoms. The van der Waals surface area contributed by atoms with E-state index in [1.54, 1.807) is 12.3 Å². The Morgan fingerprint density at radius 2 is 2.07 bits per heavy atom. The molecule has 0 unspecified atom stereocenters. The molecule has 1 heterocycles. The lowest BCUT2D eigenvalue weighted by atomic mass is 10.1. The normalized spacial score (nSPS) is 10.4.